The predicted molar refractivity (Wildman–Crippen MR) is 82.2 cm³/mol. The summed E-state index contributed by atoms with van der Waals surface area (Å²) in [6, 6.07) is 6.01. The Morgan fingerprint density at radius 1 is 1.05 bits per heavy atom. The molecule has 3 rings (SSSR count). The predicted octanol–water partition coefficient (Wildman–Crippen LogP) is 3.14. The van der Waals surface area contributed by atoms with Gasteiger partial charge in [0, 0.05) is 10.4 Å². The standard InChI is InChI=1S/C16H15NO3S/c17-15-13(11-3-1-2-4-12(11)21-15)14(18)9-5-7-10(8-6-9)16(19)20/h5-8H,1-4,17H2,(H,19,20). The van der Waals surface area contributed by atoms with E-state index in [1.54, 1.807) is 12.1 Å². The molecule has 108 valence electrons. The Kier molecular flexibility index (Phi) is 3.51. The minimum Gasteiger partial charge on any atom is -0.478 e. The highest BCUT2D eigenvalue weighted by Crippen LogP contribution is 2.37. The number of carboxylic acid groups (broad SMARTS) is 1. The van der Waals surface area contributed by atoms with Crippen molar-refractivity contribution in [3.63, 3.8) is 0 Å². The number of nitrogens with two attached hydrogens (primary N) is 1. The highest BCUT2D eigenvalue weighted by molar-refractivity contribution is 7.16. The van der Waals surface area contributed by atoms with Crippen LogP contribution in [0.2, 0.25) is 0 Å². The average molecular weight is 301 g/mol. The first-order chi connectivity index (χ1) is 10.1. The molecule has 1 aliphatic rings. The lowest BCUT2D eigenvalue weighted by atomic mass is 9.92. The van der Waals surface area contributed by atoms with Crippen molar-refractivity contribution >= 4 is 28.1 Å². The minimum atomic E-state index is -0.999. The zero-order valence-corrected chi connectivity index (χ0v) is 12.2. The second kappa shape index (κ2) is 5.33. The quantitative estimate of drug-likeness (QED) is 0.853. The van der Waals surface area contributed by atoms with Crippen molar-refractivity contribution in [2.75, 3.05) is 5.73 Å². The Morgan fingerprint density at radius 3 is 2.33 bits per heavy atom. The molecule has 1 aromatic heterocycles. The van der Waals surface area contributed by atoms with E-state index in [1.165, 1.54) is 28.3 Å². The van der Waals surface area contributed by atoms with Gasteiger partial charge >= 0.3 is 5.97 Å². The number of carboxylic acids is 1. The van der Waals surface area contributed by atoms with Gasteiger partial charge in [-0.25, -0.2) is 4.79 Å². The Labute approximate surface area is 126 Å². The van der Waals surface area contributed by atoms with Gasteiger partial charge in [-0.15, -0.1) is 11.3 Å². The van der Waals surface area contributed by atoms with Gasteiger partial charge in [-0.05, 0) is 43.4 Å². The van der Waals surface area contributed by atoms with Gasteiger partial charge in [0.05, 0.1) is 16.1 Å². The summed E-state index contributed by atoms with van der Waals surface area (Å²) in [5, 5.41) is 9.48. The van der Waals surface area contributed by atoms with Gasteiger partial charge in [-0.2, -0.15) is 0 Å². The van der Waals surface area contributed by atoms with E-state index in [9.17, 15) is 9.59 Å². The molecule has 0 radical (unpaired) electrons. The van der Waals surface area contributed by atoms with Gasteiger partial charge in [0.2, 0.25) is 0 Å². The number of aryl methyl sites for hydroxylation is 1. The largest absolute Gasteiger partial charge is 0.478 e. The maximum Gasteiger partial charge on any atom is 0.335 e. The molecule has 0 bridgehead atoms. The van der Waals surface area contributed by atoms with Crippen molar-refractivity contribution in [2.45, 2.75) is 25.7 Å². The van der Waals surface area contributed by atoms with E-state index < -0.39 is 5.97 Å². The molecule has 0 saturated carbocycles. The first-order valence-electron chi connectivity index (χ1n) is 6.86. The van der Waals surface area contributed by atoms with Crippen LogP contribution in [0.5, 0.6) is 0 Å². The fourth-order valence-corrected chi connectivity index (χ4v) is 3.90. The van der Waals surface area contributed by atoms with E-state index in [-0.39, 0.29) is 11.3 Å². The molecular weight excluding hydrogens is 286 g/mol. The second-order valence-corrected chi connectivity index (χ2v) is 6.30. The molecule has 2 aromatic rings. The fourth-order valence-electron chi connectivity index (χ4n) is 2.74. The monoisotopic (exact) mass is 301 g/mol. The highest BCUT2D eigenvalue weighted by atomic mass is 32.1. The second-order valence-electron chi connectivity index (χ2n) is 5.16. The number of hydrogen-bond acceptors (Lipinski definition) is 4. The number of rotatable bonds is 3. The smallest absolute Gasteiger partial charge is 0.335 e. The van der Waals surface area contributed by atoms with Crippen LogP contribution in [0.1, 0.15) is 49.6 Å². The van der Waals surface area contributed by atoms with Gasteiger partial charge < -0.3 is 10.8 Å². The van der Waals surface area contributed by atoms with E-state index in [0.29, 0.717) is 16.1 Å². The van der Waals surface area contributed by atoms with Crippen LogP contribution >= 0.6 is 11.3 Å². The molecule has 0 amide bonds. The van der Waals surface area contributed by atoms with Crippen molar-refractivity contribution in [1.82, 2.24) is 0 Å². The molecule has 0 atom stereocenters. The zero-order chi connectivity index (χ0) is 15.0. The summed E-state index contributed by atoms with van der Waals surface area (Å²) in [5.41, 5.74) is 8.41. The van der Waals surface area contributed by atoms with E-state index in [2.05, 4.69) is 0 Å². The molecule has 1 aromatic carbocycles. The molecule has 3 N–H and O–H groups in total. The third-order valence-electron chi connectivity index (χ3n) is 3.82. The number of aromatic carboxylic acids is 1. The maximum atomic E-state index is 12.7. The first kappa shape index (κ1) is 13.8. The van der Waals surface area contributed by atoms with Crippen LogP contribution in [0.4, 0.5) is 5.00 Å². The van der Waals surface area contributed by atoms with Gasteiger partial charge in [0.15, 0.2) is 5.78 Å². The van der Waals surface area contributed by atoms with Crippen LogP contribution in [-0.2, 0) is 12.8 Å². The van der Waals surface area contributed by atoms with E-state index in [4.69, 9.17) is 10.8 Å². The summed E-state index contributed by atoms with van der Waals surface area (Å²) in [4.78, 5) is 24.7. The van der Waals surface area contributed by atoms with E-state index >= 15 is 0 Å². The zero-order valence-electron chi connectivity index (χ0n) is 11.4. The molecule has 0 fully saturated rings. The topological polar surface area (TPSA) is 80.4 Å². The highest BCUT2D eigenvalue weighted by Gasteiger charge is 2.24. The van der Waals surface area contributed by atoms with Gasteiger partial charge in [0.25, 0.3) is 0 Å². The fraction of sp³-hybridized carbons (Fsp3) is 0.250. The number of anilines is 1. The van der Waals surface area contributed by atoms with Gasteiger partial charge in [-0.1, -0.05) is 12.1 Å². The van der Waals surface area contributed by atoms with Crippen LogP contribution in [0.3, 0.4) is 0 Å². The molecule has 0 aliphatic heterocycles. The maximum absolute atomic E-state index is 12.7. The Morgan fingerprint density at radius 2 is 1.67 bits per heavy atom. The molecule has 0 spiro atoms. The molecule has 4 nitrogen and oxygen atoms in total. The minimum absolute atomic E-state index is 0.108. The summed E-state index contributed by atoms with van der Waals surface area (Å²) in [6.07, 6.45) is 4.13. The number of fused-ring (bicyclic) bond motifs is 1. The van der Waals surface area contributed by atoms with Gasteiger partial charge in [0.1, 0.15) is 0 Å². The molecule has 21 heavy (non-hydrogen) atoms. The summed E-state index contributed by atoms with van der Waals surface area (Å²) in [7, 11) is 0. The SMILES string of the molecule is Nc1sc2c(c1C(=O)c1ccc(C(=O)O)cc1)CCCC2. The lowest BCUT2D eigenvalue weighted by molar-refractivity contribution is 0.0696. The third-order valence-corrected chi connectivity index (χ3v) is 4.94. The molecule has 5 heteroatoms. The van der Waals surface area contributed by atoms with Crippen molar-refractivity contribution < 1.29 is 14.7 Å². The average Bonchev–Trinajstić information content (AvgIpc) is 2.82. The van der Waals surface area contributed by atoms with Crippen LogP contribution < -0.4 is 5.73 Å². The number of ketones is 1. The third kappa shape index (κ3) is 2.45. The van der Waals surface area contributed by atoms with Crippen molar-refractivity contribution in [3.05, 3.63) is 51.4 Å². The summed E-state index contributed by atoms with van der Waals surface area (Å²) >= 11 is 1.51. The number of carbonyl (C=O) groups is 2. The Hall–Kier alpha value is -2.14. The normalized spacial score (nSPS) is 13.7. The van der Waals surface area contributed by atoms with Gasteiger partial charge in [-0.3, -0.25) is 4.79 Å². The Bertz CT molecular complexity index is 716. The van der Waals surface area contributed by atoms with Crippen LogP contribution in [0.25, 0.3) is 0 Å². The van der Waals surface area contributed by atoms with Crippen molar-refractivity contribution in [2.24, 2.45) is 0 Å². The van der Waals surface area contributed by atoms with Crippen LogP contribution in [0, 0.1) is 0 Å². The molecule has 0 unspecified atom stereocenters. The number of carbonyl (C=O) groups excluding carboxylic acids is 1. The molecule has 0 saturated heterocycles. The van der Waals surface area contributed by atoms with Crippen molar-refractivity contribution in [3.8, 4) is 0 Å². The molecule has 1 aliphatic carbocycles. The van der Waals surface area contributed by atoms with Crippen LogP contribution in [0.15, 0.2) is 24.3 Å². The number of thiophene rings is 1. The molecular formula is C16H15NO3S. The summed E-state index contributed by atoms with van der Waals surface area (Å²) in [5.74, 6) is -1.11. The number of benzene rings is 1. The summed E-state index contributed by atoms with van der Waals surface area (Å²) < 4.78 is 0. The molecule has 1 heterocycles. The first-order valence-corrected chi connectivity index (χ1v) is 7.67. The number of hydrogen-bond donors (Lipinski definition) is 2. The number of nitrogen functional groups attached to an aromatic ring is 1. The Balaban J connectivity index is 1.99. The lowest BCUT2D eigenvalue weighted by Gasteiger charge is -2.12. The summed E-state index contributed by atoms with van der Waals surface area (Å²) in [6.45, 7) is 0. The van der Waals surface area contributed by atoms with E-state index in [1.807, 2.05) is 0 Å². The van der Waals surface area contributed by atoms with Crippen LogP contribution in [-0.4, -0.2) is 16.9 Å². The lowest BCUT2D eigenvalue weighted by Crippen LogP contribution is -2.09. The van der Waals surface area contributed by atoms with Crippen molar-refractivity contribution in [1.29, 1.82) is 0 Å². The van der Waals surface area contributed by atoms with E-state index in [0.717, 1.165) is 31.2 Å².